The molecule has 4 rings (SSSR count). The Kier molecular flexibility index (Phi) is 5.55. The summed E-state index contributed by atoms with van der Waals surface area (Å²) in [6.45, 7) is 14.5. The zero-order chi connectivity index (χ0) is 21.6. The average molecular weight is 402 g/mol. The number of nitrogens with zero attached hydrogens (tertiary/aromatic N) is 5. The summed E-state index contributed by atoms with van der Waals surface area (Å²) in [6.07, 6.45) is 3.50. The van der Waals surface area contributed by atoms with Gasteiger partial charge in [-0.15, -0.1) is 0 Å². The molecule has 148 valence electrons. The van der Waals surface area contributed by atoms with E-state index in [4.69, 9.17) is 18.9 Å². The normalized spacial score (nSPS) is 10.3. The molecule has 31 heavy (non-hydrogen) atoms. The number of hydrogen-bond donors (Lipinski definition) is 1. The lowest BCUT2D eigenvalue weighted by Gasteiger charge is -2.33. The number of rotatable bonds is 5. The Morgan fingerprint density at radius 2 is 1.39 bits per heavy atom. The molecule has 0 aliphatic carbocycles. The Balaban J connectivity index is 1.94. The van der Waals surface area contributed by atoms with Crippen LogP contribution in [-0.2, 0) is 0 Å². The molecule has 0 amide bonds. The van der Waals surface area contributed by atoms with Gasteiger partial charge in [-0.2, -0.15) is 0 Å². The summed E-state index contributed by atoms with van der Waals surface area (Å²) < 4.78 is 0. The summed E-state index contributed by atoms with van der Waals surface area (Å²) in [4.78, 5) is 17.9. The van der Waals surface area contributed by atoms with Gasteiger partial charge >= 0.3 is 0 Å². The third-order valence-electron chi connectivity index (χ3n) is 4.86. The minimum atomic E-state index is -0.280. The van der Waals surface area contributed by atoms with Crippen molar-refractivity contribution in [2.24, 2.45) is 0 Å². The molecule has 0 saturated heterocycles. The van der Waals surface area contributed by atoms with Crippen molar-refractivity contribution in [3.63, 3.8) is 0 Å². The van der Waals surface area contributed by atoms with Crippen LogP contribution in [0.1, 0.15) is 17.2 Å². The van der Waals surface area contributed by atoms with Gasteiger partial charge in [0.15, 0.2) is 11.4 Å². The second-order valence-electron chi connectivity index (χ2n) is 6.81. The molecule has 0 saturated carbocycles. The van der Waals surface area contributed by atoms with Crippen LogP contribution in [0.2, 0.25) is 0 Å². The summed E-state index contributed by atoms with van der Waals surface area (Å²) in [5.74, 6) is 1.08. The molecule has 0 aliphatic rings. The maximum absolute atomic E-state index is 7.26. The van der Waals surface area contributed by atoms with Crippen LogP contribution in [0, 0.1) is 13.1 Å². The summed E-state index contributed by atoms with van der Waals surface area (Å²) in [5.41, 5.74) is 9.93. The van der Waals surface area contributed by atoms with Gasteiger partial charge in [0.05, 0.1) is 31.1 Å². The lowest BCUT2D eigenvalue weighted by atomic mass is 9.96. The molecular weight excluding hydrogens is 384 g/mol. The van der Waals surface area contributed by atoms with E-state index in [9.17, 15) is 0 Å². The Bertz CT molecular complexity index is 1200. The number of pyridine rings is 2. The molecule has 2 N–H and O–H groups in total. The van der Waals surface area contributed by atoms with Gasteiger partial charge in [0.25, 0.3) is 0 Å². The Morgan fingerprint density at radius 1 is 0.774 bits per heavy atom. The number of nitrogen functional groups attached to an aromatic ring is 1. The first-order valence-corrected chi connectivity index (χ1v) is 9.56. The topological polar surface area (TPSA) is 63.8 Å². The van der Waals surface area contributed by atoms with Crippen molar-refractivity contribution >= 4 is 28.7 Å². The number of aromatic nitrogens is 2. The first kappa shape index (κ1) is 19.6. The van der Waals surface area contributed by atoms with Crippen LogP contribution in [0.4, 0.5) is 28.7 Å². The van der Waals surface area contributed by atoms with Crippen molar-refractivity contribution in [1.82, 2.24) is 9.97 Å². The van der Waals surface area contributed by atoms with E-state index in [0.29, 0.717) is 23.0 Å². The molecule has 0 radical (unpaired) electrons. The molecule has 0 spiro atoms. The predicted octanol–water partition coefficient (Wildman–Crippen LogP) is 6.09. The first-order valence-electron chi connectivity index (χ1n) is 9.56. The minimum Gasteiger partial charge on any atom is -0.384 e. The highest BCUT2D eigenvalue weighted by atomic mass is 15.2. The van der Waals surface area contributed by atoms with E-state index in [1.165, 1.54) is 0 Å². The third kappa shape index (κ3) is 4.19. The van der Waals surface area contributed by atoms with Gasteiger partial charge < -0.3 is 10.6 Å². The van der Waals surface area contributed by atoms with Gasteiger partial charge in [-0.1, -0.05) is 54.6 Å². The summed E-state index contributed by atoms with van der Waals surface area (Å²) in [6, 6.07) is 24.0. The fourth-order valence-electron chi connectivity index (χ4n) is 3.44. The van der Waals surface area contributed by atoms with E-state index in [2.05, 4.69) is 24.6 Å². The Morgan fingerprint density at radius 3 is 1.87 bits per heavy atom. The van der Waals surface area contributed by atoms with Crippen molar-refractivity contribution in [2.45, 2.75) is 6.04 Å². The van der Waals surface area contributed by atoms with Crippen LogP contribution in [0.15, 0.2) is 91.3 Å². The monoisotopic (exact) mass is 402 g/mol. The molecule has 2 heterocycles. The molecule has 0 aliphatic heterocycles. The highest BCUT2D eigenvalue weighted by Crippen LogP contribution is 2.39. The molecule has 6 heteroatoms. The molecule has 0 unspecified atom stereocenters. The third-order valence-corrected chi connectivity index (χ3v) is 4.86. The zero-order valence-electron chi connectivity index (χ0n) is 16.6. The van der Waals surface area contributed by atoms with Crippen molar-refractivity contribution in [2.75, 3.05) is 10.6 Å². The minimum absolute atomic E-state index is 0.280. The second-order valence-corrected chi connectivity index (χ2v) is 6.81. The van der Waals surface area contributed by atoms with E-state index in [1.807, 2.05) is 48.5 Å². The standard InChI is InChI=1S/C25H18N6/c1-27-20-12-8-18(9-13-20)25(19-10-14-21(28-2)15-11-19)31(22-5-4-16-29-17-22)24-7-3-6-23(26)30-24/h3-17,25H,(H2,26,30). The van der Waals surface area contributed by atoms with Crippen LogP contribution in [0.25, 0.3) is 9.69 Å². The highest BCUT2D eigenvalue weighted by molar-refractivity contribution is 5.65. The van der Waals surface area contributed by atoms with Gasteiger partial charge in [-0.25, -0.2) is 14.7 Å². The molecule has 0 fully saturated rings. The maximum Gasteiger partial charge on any atom is 0.187 e. The van der Waals surface area contributed by atoms with Crippen molar-refractivity contribution in [1.29, 1.82) is 0 Å². The first-order chi connectivity index (χ1) is 15.2. The van der Waals surface area contributed by atoms with E-state index in [1.54, 1.807) is 42.7 Å². The maximum atomic E-state index is 7.26. The number of anilines is 3. The van der Waals surface area contributed by atoms with Crippen molar-refractivity contribution < 1.29 is 0 Å². The molecule has 2 aromatic heterocycles. The lowest BCUT2D eigenvalue weighted by Crippen LogP contribution is -2.26. The number of hydrogen-bond acceptors (Lipinski definition) is 4. The van der Waals surface area contributed by atoms with Crippen molar-refractivity contribution in [3.8, 4) is 0 Å². The van der Waals surface area contributed by atoms with E-state index >= 15 is 0 Å². The summed E-state index contributed by atoms with van der Waals surface area (Å²) >= 11 is 0. The number of nitrogens with two attached hydrogens (primary N) is 1. The van der Waals surface area contributed by atoms with Crippen LogP contribution in [0.5, 0.6) is 0 Å². The van der Waals surface area contributed by atoms with Gasteiger partial charge in [0.2, 0.25) is 0 Å². The largest absolute Gasteiger partial charge is 0.384 e. The lowest BCUT2D eigenvalue weighted by molar-refractivity contribution is 0.805. The van der Waals surface area contributed by atoms with Crippen LogP contribution in [-0.4, -0.2) is 9.97 Å². The molecule has 4 aromatic rings. The number of benzene rings is 2. The fourth-order valence-corrected chi connectivity index (χ4v) is 3.44. The Labute approximate surface area is 180 Å². The Hall–Kier alpha value is -4.68. The van der Waals surface area contributed by atoms with E-state index in [0.717, 1.165) is 16.8 Å². The van der Waals surface area contributed by atoms with Crippen LogP contribution < -0.4 is 10.6 Å². The van der Waals surface area contributed by atoms with Crippen LogP contribution in [0.3, 0.4) is 0 Å². The average Bonchev–Trinajstić information content (AvgIpc) is 2.83. The van der Waals surface area contributed by atoms with E-state index in [-0.39, 0.29) is 6.04 Å². The fraction of sp³-hybridized carbons (Fsp3) is 0.0400. The smallest absolute Gasteiger partial charge is 0.187 e. The predicted molar refractivity (Wildman–Crippen MR) is 122 cm³/mol. The zero-order valence-corrected chi connectivity index (χ0v) is 16.6. The van der Waals surface area contributed by atoms with Gasteiger partial charge in [-0.3, -0.25) is 4.98 Å². The molecule has 2 aromatic carbocycles. The van der Waals surface area contributed by atoms with Crippen molar-refractivity contribution in [3.05, 3.63) is 125 Å². The summed E-state index contributed by atoms with van der Waals surface area (Å²) in [7, 11) is 0. The van der Waals surface area contributed by atoms with E-state index < -0.39 is 0 Å². The molecule has 0 atom stereocenters. The van der Waals surface area contributed by atoms with Gasteiger partial charge in [-0.05, 0) is 35.4 Å². The molecular formula is C25H18N6. The SMILES string of the molecule is [C-]#[N+]c1ccc(C(c2ccc([N+]#[C-])cc2)N(c2cccnc2)c2cccc(N)n2)cc1. The van der Waals surface area contributed by atoms with Gasteiger partial charge in [0.1, 0.15) is 11.6 Å². The van der Waals surface area contributed by atoms with Gasteiger partial charge in [0, 0.05) is 6.20 Å². The molecule has 6 nitrogen and oxygen atoms in total. The summed E-state index contributed by atoms with van der Waals surface area (Å²) in [5, 5.41) is 0. The second kappa shape index (κ2) is 8.77. The van der Waals surface area contributed by atoms with Crippen LogP contribution >= 0.6 is 0 Å². The quantitative estimate of drug-likeness (QED) is 0.410. The molecule has 0 bridgehead atoms. The highest BCUT2D eigenvalue weighted by Gasteiger charge is 2.26.